The van der Waals surface area contributed by atoms with Gasteiger partial charge in [-0.3, -0.25) is 14.5 Å². The summed E-state index contributed by atoms with van der Waals surface area (Å²) in [6.45, 7) is -0.0669. The summed E-state index contributed by atoms with van der Waals surface area (Å²) in [6, 6.07) is 0. The minimum Gasteiger partial charge on any atom is -0.340 e. The minimum absolute atomic E-state index is 0.0477. The van der Waals surface area contributed by atoms with Crippen LogP contribution in [0.15, 0.2) is 0 Å². The van der Waals surface area contributed by atoms with Crippen LogP contribution < -0.4 is 10.6 Å². The predicted molar refractivity (Wildman–Crippen MR) is 30.5 cm³/mol. The SMILES string of the molecule is O=C1CNC(CCF)N1. The zero-order valence-corrected chi connectivity index (χ0v) is 4.98. The Hall–Kier alpha value is -0.640. The fourth-order valence-corrected chi connectivity index (χ4v) is 0.796. The number of carbonyl (C=O) groups is 1. The average Bonchev–Trinajstić information content (AvgIpc) is 2.17. The first-order valence-electron chi connectivity index (χ1n) is 2.91. The number of carbonyl (C=O) groups excluding carboxylic acids is 1. The second-order valence-corrected chi connectivity index (χ2v) is 1.98. The molecule has 1 aliphatic rings. The van der Waals surface area contributed by atoms with E-state index in [-0.39, 0.29) is 12.1 Å². The van der Waals surface area contributed by atoms with Crippen molar-refractivity contribution in [2.75, 3.05) is 13.2 Å². The summed E-state index contributed by atoms with van der Waals surface area (Å²) in [6.07, 6.45) is 0.230. The third kappa shape index (κ3) is 1.64. The zero-order valence-electron chi connectivity index (χ0n) is 4.98. The highest BCUT2D eigenvalue weighted by Gasteiger charge is 2.18. The lowest BCUT2D eigenvalue weighted by Crippen LogP contribution is -2.32. The Kier molecular flexibility index (Phi) is 2.00. The first-order chi connectivity index (χ1) is 4.33. The van der Waals surface area contributed by atoms with Crippen molar-refractivity contribution in [3.63, 3.8) is 0 Å². The van der Waals surface area contributed by atoms with Gasteiger partial charge in [-0.2, -0.15) is 0 Å². The average molecular weight is 132 g/mol. The number of hydrogen-bond donors (Lipinski definition) is 2. The van der Waals surface area contributed by atoms with E-state index in [4.69, 9.17) is 0 Å². The molecule has 0 bridgehead atoms. The van der Waals surface area contributed by atoms with Gasteiger partial charge in [0.1, 0.15) is 0 Å². The molecule has 0 saturated carbocycles. The van der Waals surface area contributed by atoms with Crippen LogP contribution in [-0.4, -0.2) is 25.3 Å². The lowest BCUT2D eigenvalue weighted by molar-refractivity contribution is -0.118. The number of rotatable bonds is 2. The molecule has 0 aromatic carbocycles. The largest absolute Gasteiger partial charge is 0.340 e. The van der Waals surface area contributed by atoms with Crippen molar-refractivity contribution in [3.8, 4) is 0 Å². The molecule has 1 atom stereocenters. The fourth-order valence-electron chi connectivity index (χ4n) is 0.796. The molecule has 1 unspecified atom stereocenters. The Morgan fingerprint density at radius 2 is 2.56 bits per heavy atom. The zero-order chi connectivity index (χ0) is 6.69. The summed E-state index contributed by atoms with van der Waals surface area (Å²) in [5, 5.41) is 5.37. The molecule has 4 heteroatoms. The Balaban J connectivity index is 2.22. The van der Waals surface area contributed by atoms with Crippen LogP contribution in [0.2, 0.25) is 0 Å². The molecule has 9 heavy (non-hydrogen) atoms. The Bertz CT molecular complexity index is 118. The first-order valence-corrected chi connectivity index (χ1v) is 2.91. The van der Waals surface area contributed by atoms with Gasteiger partial charge in [-0.25, -0.2) is 0 Å². The van der Waals surface area contributed by atoms with Crippen molar-refractivity contribution in [1.29, 1.82) is 0 Å². The molecule has 1 amide bonds. The van der Waals surface area contributed by atoms with Gasteiger partial charge in [-0.15, -0.1) is 0 Å². The Labute approximate surface area is 52.6 Å². The standard InChI is InChI=1S/C5H9FN2O/c6-2-1-4-7-3-5(9)8-4/h4,7H,1-3H2,(H,8,9). The molecule has 1 rings (SSSR count). The number of nitrogens with one attached hydrogen (secondary N) is 2. The van der Waals surface area contributed by atoms with Crippen molar-refractivity contribution >= 4 is 5.91 Å². The van der Waals surface area contributed by atoms with Crippen LogP contribution in [0.3, 0.4) is 0 Å². The molecule has 0 aliphatic carbocycles. The molecule has 0 aromatic heterocycles. The van der Waals surface area contributed by atoms with E-state index < -0.39 is 6.67 Å². The summed E-state index contributed by atoms with van der Waals surface area (Å²) in [5.74, 6) is -0.0477. The predicted octanol–water partition coefficient (Wildman–Crippen LogP) is -0.609. The van der Waals surface area contributed by atoms with E-state index >= 15 is 0 Å². The molecule has 52 valence electrons. The van der Waals surface area contributed by atoms with Crippen molar-refractivity contribution in [2.24, 2.45) is 0 Å². The summed E-state index contributed by atoms with van der Waals surface area (Å²) in [5.41, 5.74) is 0. The van der Waals surface area contributed by atoms with E-state index in [1.165, 1.54) is 0 Å². The van der Waals surface area contributed by atoms with Gasteiger partial charge >= 0.3 is 0 Å². The summed E-state index contributed by atoms with van der Waals surface area (Å²) < 4.78 is 11.6. The molecule has 2 N–H and O–H groups in total. The molecule has 3 nitrogen and oxygen atoms in total. The third-order valence-electron chi connectivity index (χ3n) is 1.24. The van der Waals surface area contributed by atoms with Gasteiger partial charge in [0.2, 0.25) is 5.91 Å². The second kappa shape index (κ2) is 2.77. The van der Waals surface area contributed by atoms with Gasteiger partial charge < -0.3 is 5.32 Å². The highest BCUT2D eigenvalue weighted by atomic mass is 19.1. The van der Waals surface area contributed by atoms with Crippen LogP contribution in [-0.2, 0) is 4.79 Å². The maximum atomic E-state index is 11.6. The third-order valence-corrected chi connectivity index (χ3v) is 1.24. The molecule has 1 fully saturated rings. The van der Waals surface area contributed by atoms with E-state index in [0.29, 0.717) is 13.0 Å². The molecule has 1 aliphatic heterocycles. The van der Waals surface area contributed by atoms with E-state index in [2.05, 4.69) is 10.6 Å². The Morgan fingerprint density at radius 3 is 3.00 bits per heavy atom. The van der Waals surface area contributed by atoms with E-state index in [0.717, 1.165) is 0 Å². The molecule has 1 saturated heterocycles. The quantitative estimate of drug-likeness (QED) is 0.526. The van der Waals surface area contributed by atoms with Crippen LogP contribution in [0.25, 0.3) is 0 Å². The Morgan fingerprint density at radius 1 is 1.78 bits per heavy atom. The van der Waals surface area contributed by atoms with Gasteiger partial charge in [0.15, 0.2) is 0 Å². The lowest BCUT2D eigenvalue weighted by Gasteiger charge is -2.05. The number of hydrogen-bond acceptors (Lipinski definition) is 2. The maximum Gasteiger partial charge on any atom is 0.235 e. The van der Waals surface area contributed by atoms with Gasteiger partial charge in [-0.1, -0.05) is 0 Å². The molecule has 0 aromatic rings. The van der Waals surface area contributed by atoms with Gasteiger partial charge in [0, 0.05) is 6.42 Å². The van der Waals surface area contributed by atoms with Crippen LogP contribution in [0.4, 0.5) is 4.39 Å². The molecule has 0 spiro atoms. The first kappa shape index (κ1) is 6.48. The van der Waals surface area contributed by atoms with E-state index in [1.807, 2.05) is 0 Å². The highest BCUT2D eigenvalue weighted by molar-refractivity contribution is 5.80. The van der Waals surface area contributed by atoms with Crippen LogP contribution in [0, 0.1) is 0 Å². The van der Waals surface area contributed by atoms with Crippen molar-refractivity contribution in [2.45, 2.75) is 12.6 Å². The number of amides is 1. The molecule has 1 heterocycles. The topological polar surface area (TPSA) is 41.1 Å². The second-order valence-electron chi connectivity index (χ2n) is 1.98. The maximum absolute atomic E-state index is 11.6. The van der Waals surface area contributed by atoms with Crippen LogP contribution >= 0.6 is 0 Å². The van der Waals surface area contributed by atoms with Gasteiger partial charge in [0.05, 0.1) is 19.4 Å². The van der Waals surface area contributed by atoms with Crippen LogP contribution in [0.5, 0.6) is 0 Å². The van der Waals surface area contributed by atoms with Crippen molar-refractivity contribution in [3.05, 3.63) is 0 Å². The number of alkyl halides is 1. The fraction of sp³-hybridized carbons (Fsp3) is 0.800. The van der Waals surface area contributed by atoms with Crippen molar-refractivity contribution in [1.82, 2.24) is 10.6 Å². The van der Waals surface area contributed by atoms with E-state index in [9.17, 15) is 9.18 Å². The molecular formula is C5H9FN2O. The normalized spacial score (nSPS) is 26.3. The van der Waals surface area contributed by atoms with Crippen LogP contribution in [0.1, 0.15) is 6.42 Å². The van der Waals surface area contributed by atoms with Crippen molar-refractivity contribution < 1.29 is 9.18 Å². The highest BCUT2D eigenvalue weighted by Crippen LogP contribution is 1.92. The van der Waals surface area contributed by atoms with Gasteiger partial charge in [-0.05, 0) is 0 Å². The van der Waals surface area contributed by atoms with E-state index in [1.54, 1.807) is 0 Å². The monoisotopic (exact) mass is 132 g/mol. The lowest BCUT2D eigenvalue weighted by atomic mass is 10.4. The summed E-state index contributed by atoms with van der Waals surface area (Å²) in [4.78, 5) is 10.4. The smallest absolute Gasteiger partial charge is 0.235 e. The number of halogens is 1. The minimum atomic E-state index is -0.391. The summed E-state index contributed by atoms with van der Waals surface area (Å²) >= 11 is 0. The summed E-state index contributed by atoms with van der Waals surface area (Å²) in [7, 11) is 0. The van der Waals surface area contributed by atoms with Gasteiger partial charge in [0.25, 0.3) is 0 Å². The molecule has 0 radical (unpaired) electrons. The molecular weight excluding hydrogens is 123 g/mol.